The van der Waals surface area contributed by atoms with Crippen LogP contribution in [0.25, 0.3) is 0 Å². The predicted octanol–water partition coefficient (Wildman–Crippen LogP) is 0.900. The summed E-state index contributed by atoms with van der Waals surface area (Å²) in [5.74, 6) is -0.664. The van der Waals surface area contributed by atoms with Crippen molar-refractivity contribution in [3.63, 3.8) is 0 Å². The van der Waals surface area contributed by atoms with E-state index in [1.807, 2.05) is 0 Å². The van der Waals surface area contributed by atoms with Crippen molar-refractivity contribution in [3.8, 4) is 5.75 Å². The Hall–Kier alpha value is -1.22. The molecule has 0 fully saturated rings. The third kappa shape index (κ3) is 5.24. The fourth-order valence-corrected chi connectivity index (χ4v) is 2.94. The van der Waals surface area contributed by atoms with Crippen molar-refractivity contribution in [1.82, 2.24) is 4.72 Å². The van der Waals surface area contributed by atoms with E-state index in [-0.39, 0.29) is 30.2 Å². The van der Waals surface area contributed by atoms with Gasteiger partial charge in [-0.15, -0.1) is 0 Å². The molecule has 0 aliphatic rings. The zero-order valence-corrected chi connectivity index (χ0v) is 13.0. The van der Waals surface area contributed by atoms with Crippen LogP contribution in [0, 0.1) is 5.82 Å². The maximum atomic E-state index is 13.2. The Balaban J connectivity index is 2.90. The Kier molecular flexibility index (Phi) is 6.09. The van der Waals surface area contributed by atoms with Crippen LogP contribution in [0.2, 0.25) is 0 Å². The molecule has 0 saturated heterocycles. The van der Waals surface area contributed by atoms with Crippen LogP contribution >= 0.6 is 0 Å². The number of ether oxygens (including phenoxy) is 2. The summed E-state index contributed by atoms with van der Waals surface area (Å²) in [6.45, 7) is 1.55. The highest BCUT2D eigenvalue weighted by Crippen LogP contribution is 2.24. The van der Waals surface area contributed by atoms with Gasteiger partial charge in [0.15, 0.2) is 0 Å². The molecule has 0 aliphatic heterocycles. The minimum absolute atomic E-state index is 0.0282. The molecule has 0 aromatic heterocycles. The molecule has 0 saturated carbocycles. The van der Waals surface area contributed by atoms with Crippen LogP contribution in [0.3, 0.4) is 0 Å². The van der Waals surface area contributed by atoms with Crippen LogP contribution in [-0.2, 0) is 14.8 Å². The number of methoxy groups -OCH3 is 2. The highest BCUT2D eigenvalue weighted by atomic mass is 32.2. The Bertz CT molecular complexity index is 574. The van der Waals surface area contributed by atoms with Crippen molar-refractivity contribution in [2.24, 2.45) is 0 Å². The largest absolute Gasteiger partial charge is 0.495 e. The molecule has 0 radical (unpaired) electrons. The molecule has 6 nitrogen and oxygen atoms in total. The lowest BCUT2D eigenvalue weighted by Gasteiger charge is -2.23. The normalized spacial score (nSPS) is 14.7. The second kappa shape index (κ2) is 7.17. The average molecular weight is 321 g/mol. The second-order valence-corrected chi connectivity index (χ2v) is 6.59. The van der Waals surface area contributed by atoms with E-state index < -0.39 is 21.4 Å². The number of benzene rings is 1. The van der Waals surface area contributed by atoms with Crippen LogP contribution in [0.1, 0.15) is 13.3 Å². The number of nitrogens with one attached hydrogen (secondary N) is 1. The van der Waals surface area contributed by atoms with Crippen molar-refractivity contribution in [1.29, 1.82) is 0 Å². The van der Waals surface area contributed by atoms with E-state index in [9.17, 15) is 17.9 Å². The number of hydrogen-bond acceptors (Lipinski definition) is 5. The molecule has 0 amide bonds. The molecule has 0 heterocycles. The first-order chi connectivity index (χ1) is 9.72. The van der Waals surface area contributed by atoms with Crippen molar-refractivity contribution in [2.75, 3.05) is 27.4 Å². The molecule has 2 N–H and O–H groups in total. The molecule has 21 heavy (non-hydrogen) atoms. The fraction of sp³-hybridized carbons (Fsp3) is 0.538. The average Bonchev–Trinajstić information content (AvgIpc) is 2.43. The van der Waals surface area contributed by atoms with E-state index in [0.29, 0.717) is 0 Å². The molecule has 0 bridgehead atoms. The molecule has 1 aromatic carbocycles. The second-order valence-electron chi connectivity index (χ2n) is 4.86. The van der Waals surface area contributed by atoms with E-state index in [4.69, 9.17) is 9.47 Å². The number of rotatable bonds is 8. The van der Waals surface area contributed by atoms with E-state index in [2.05, 4.69) is 4.72 Å². The van der Waals surface area contributed by atoms with Gasteiger partial charge in [0.1, 0.15) is 16.5 Å². The highest BCUT2D eigenvalue weighted by molar-refractivity contribution is 7.89. The van der Waals surface area contributed by atoms with E-state index >= 15 is 0 Å². The van der Waals surface area contributed by atoms with Crippen molar-refractivity contribution in [3.05, 3.63) is 24.0 Å². The van der Waals surface area contributed by atoms with Gasteiger partial charge in [-0.1, -0.05) is 0 Å². The summed E-state index contributed by atoms with van der Waals surface area (Å²) in [7, 11) is -1.22. The zero-order chi connectivity index (χ0) is 16.1. The number of sulfonamides is 1. The van der Waals surface area contributed by atoms with Gasteiger partial charge in [0, 0.05) is 26.7 Å². The van der Waals surface area contributed by atoms with Crippen LogP contribution in [0.4, 0.5) is 4.39 Å². The lowest BCUT2D eigenvalue weighted by atomic mass is 10.0. The smallest absolute Gasteiger partial charge is 0.244 e. The molecule has 8 heteroatoms. The zero-order valence-electron chi connectivity index (χ0n) is 12.2. The van der Waals surface area contributed by atoms with Gasteiger partial charge < -0.3 is 14.6 Å². The quantitative estimate of drug-likeness (QED) is 0.743. The summed E-state index contributed by atoms with van der Waals surface area (Å²) in [5, 5.41) is 10.0. The Morgan fingerprint density at radius 2 is 2.05 bits per heavy atom. The van der Waals surface area contributed by atoms with Gasteiger partial charge in [-0.05, 0) is 25.1 Å². The van der Waals surface area contributed by atoms with Gasteiger partial charge in [0.2, 0.25) is 10.0 Å². The lowest BCUT2D eigenvalue weighted by Crippen LogP contribution is -2.41. The Morgan fingerprint density at radius 1 is 1.38 bits per heavy atom. The van der Waals surface area contributed by atoms with Crippen LogP contribution in [0.15, 0.2) is 23.1 Å². The first-order valence-electron chi connectivity index (χ1n) is 6.26. The SMILES string of the molecule is COCCC(C)(O)CNS(=O)(=O)c1cc(F)ccc1OC. The molecule has 1 atom stereocenters. The molecule has 1 rings (SSSR count). The van der Waals surface area contributed by atoms with Gasteiger partial charge in [0.05, 0.1) is 12.7 Å². The van der Waals surface area contributed by atoms with Crippen LogP contribution < -0.4 is 9.46 Å². The van der Waals surface area contributed by atoms with Gasteiger partial charge in [-0.3, -0.25) is 0 Å². The highest BCUT2D eigenvalue weighted by Gasteiger charge is 2.26. The summed E-state index contributed by atoms with van der Waals surface area (Å²) < 4.78 is 49.6. The van der Waals surface area contributed by atoms with Crippen LogP contribution in [-0.4, -0.2) is 46.5 Å². The van der Waals surface area contributed by atoms with Gasteiger partial charge in [-0.25, -0.2) is 17.5 Å². The predicted molar refractivity (Wildman–Crippen MR) is 75.3 cm³/mol. The first-order valence-corrected chi connectivity index (χ1v) is 7.75. The summed E-state index contributed by atoms with van der Waals surface area (Å²) in [4.78, 5) is -0.312. The molecule has 0 spiro atoms. The Labute approximate surface area is 123 Å². The molecule has 1 unspecified atom stereocenters. The summed E-state index contributed by atoms with van der Waals surface area (Å²) in [6.07, 6.45) is 0.256. The molecule has 120 valence electrons. The Morgan fingerprint density at radius 3 is 2.62 bits per heavy atom. The van der Waals surface area contributed by atoms with E-state index in [1.165, 1.54) is 27.2 Å². The lowest BCUT2D eigenvalue weighted by molar-refractivity contribution is 0.0292. The summed E-state index contributed by atoms with van der Waals surface area (Å²) in [6, 6.07) is 3.20. The maximum absolute atomic E-state index is 13.2. The minimum atomic E-state index is -4.00. The molecule has 1 aromatic rings. The topological polar surface area (TPSA) is 84.9 Å². The van der Waals surface area contributed by atoms with Crippen molar-refractivity contribution >= 4 is 10.0 Å². The van der Waals surface area contributed by atoms with Gasteiger partial charge in [-0.2, -0.15) is 0 Å². The third-order valence-electron chi connectivity index (χ3n) is 2.90. The number of halogens is 1. The third-order valence-corrected chi connectivity index (χ3v) is 4.33. The standard InChI is InChI=1S/C13H20FNO5S/c1-13(16,6-7-19-2)9-15-21(17,18)12-8-10(14)4-5-11(12)20-3/h4-5,8,15-16H,6-7,9H2,1-3H3. The van der Waals surface area contributed by atoms with Crippen molar-refractivity contribution in [2.45, 2.75) is 23.8 Å². The summed E-state index contributed by atoms with van der Waals surface area (Å²) in [5.41, 5.74) is -1.27. The van der Waals surface area contributed by atoms with Gasteiger partial charge in [0.25, 0.3) is 0 Å². The fourth-order valence-electron chi connectivity index (χ4n) is 1.60. The molecular formula is C13H20FNO5S. The molecular weight excluding hydrogens is 301 g/mol. The van der Waals surface area contributed by atoms with Crippen molar-refractivity contribution < 1.29 is 27.4 Å². The van der Waals surface area contributed by atoms with E-state index in [1.54, 1.807) is 0 Å². The maximum Gasteiger partial charge on any atom is 0.244 e. The first kappa shape index (κ1) is 17.8. The monoisotopic (exact) mass is 321 g/mol. The summed E-state index contributed by atoms with van der Waals surface area (Å²) >= 11 is 0. The van der Waals surface area contributed by atoms with E-state index in [0.717, 1.165) is 12.1 Å². The van der Waals surface area contributed by atoms with Gasteiger partial charge >= 0.3 is 0 Å². The molecule has 0 aliphatic carbocycles. The number of aliphatic hydroxyl groups is 1. The van der Waals surface area contributed by atoms with Crippen LogP contribution in [0.5, 0.6) is 5.75 Å². The number of hydrogen-bond donors (Lipinski definition) is 2. The minimum Gasteiger partial charge on any atom is -0.495 e.